The van der Waals surface area contributed by atoms with E-state index < -0.39 is 27.0 Å². The number of amides is 1. The van der Waals surface area contributed by atoms with Gasteiger partial charge in [0.1, 0.15) is 5.82 Å². The second-order valence-electron chi connectivity index (χ2n) is 10.0. The van der Waals surface area contributed by atoms with Gasteiger partial charge in [0.25, 0.3) is 5.91 Å². The van der Waals surface area contributed by atoms with E-state index in [1.807, 2.05) is 12.1 Å². The maximum absolute atomic E-state index is 15.0. The van der Waals surface area contributed by atoms with Crippen molar-refractivity contribution in [2.75, 3.05) is 13.1 Å². The van der Waals surface area contributed by atoms with Crippen molar-refractivity contribution in [3.8, 4) is 0 Å². The molecule has 1 aliphatic heterocycles. The molecule has 3 aliphatic rings. The Morgan fingerprint density at radius 1 is 1.00 bits per heavy atom. The van der Waals surface area contributed by atoms with Crippen molar-refractivity contribution in [1.29, 1.82) is 0 Å². The summed E-state index contributed by atoms with van der Waals surface area (Å²) >= 11 is 12.1. The van der Waals surface area contributed by atoms with E-state index in [1.165, 1.54) is 6.07 Å². The molecule has 2 aromatic carbocycles. The van der Waals surface area contributed by atoms with Crippen LogP contribution in [0.4, 0.5) is 4.39 Å². The van der Waals surface area contributed by atoms with Crippen molar-refractivity contribution < 1.29 is 22.3 Å². The minimum absolute atomic E-state index is 0.123. The van der Waals surface area contributed by atoms with E-state index in [2.05, 4.69) is 9.62 Å². The Kier molecular flexibility index (Phi) is 7.61. The summed E-state index contributed by atoms with van der Waals surface area (Å²) in [7, 11) is -3.73. The number of nitrogens with zero attached hydrogens (tertiary/aromatic N) is 1. The first-order valence-corrected chi connectivity index (χ1v) is 14.7. The second kappa shape index (κ2) is 10.6. The van der Waals surface area contributed by atoms with Crippen molar-refractivity contribution in [2.24, 2.45) is 0 Å². The van der Waals surface area contributed by atoms with Gasteiger partial charge in [-0.3, -0.25) is 9.69 Å². The molecule has 36 heavy (non-hydrogen) atoms. The van der Waals surface area contributed by atoms with Crippen LogP contribution in [-0.4, -0.2) is 43.7 Å². The Morgan fingerprint density at radius 3 is 2.28 bits per heavy atom. The molecular weight excluding hydrogens is 526 g/mol. The Morgan fingerprint density at radius 2 is 1.67 bits per heavy atom. The molecule has 3 fully saturated rings. The lowest BCUT2D eigenvalue weighted by Crippen LogP contribution is -2.37. The quantitative estimate of drug-likeness (QED) is 0.448. The van der Waals surface area contributed by atoms with Gasteiger partial charge in [0.15, 0.2) is 0 Å². The smallest absolute Gasteiger partial charge is 0.267 e. The lowest BCUT2D eigenvalue weighted by Gasteiger charge is -2.32. The predicted octanol–water partition coefficient (Wildman–Crippen LogP) is 5.41. The predicted molar refractivity (Wildman–Crippen MR) is 137 cm³/mol. The van der Waals surface area contributed by atoms with E-state index in [4.69, 9.17) is 27.9 Å². The first-order chi connectivity index (χ1) is 17.2. The Balaban J connectivity index is 1.20. The molecule has 2 aliphatic carbocycles. The number of carbonyl (C=O) groups is 1. The number of hydrogen-bond donors (Lipinski definition) is 1. The molecule has 5 rings (SSSR count). The highest BCUT2D eigenvalue weighted by Gasteiger charge is 2.38. The third kappa shape index (κ3) is 6.40. The summed E-state index contributed by atoms with van der Waals surface area (Å²) in [5.74, 6) is -1.28. The van der Waals surface area contributed by atoms with Crippen molar-refractivity contribution in [1.82, 2.24) is 9.62 Å². The fourth-order valence-corrected chi connectivity index (χ4v) is 6.61. The number of sulfonamides is 1. The average Bonchev–Trinajstić information content (AvgIpc) is 3.70. The van der Waals surface area contributed by atoms with E-state index in [0.29, 0.717) is 36.0 Å². The number of carbonyl (C=O) groups excluding carboxylic acids is 1. The van der Waals surface area contributed by atoms with Gasteiger partial charge >= 0.3 is 0 Å². The highest BCUT2D eigenvalue weighted by molar-refractivity contribution is 7.91. The summed E-state index contributed by atoms with van der Waals surface area (Å²) in [5, 5.41) is 0.632. The fourth-order valence-electron chi connectivity index (χ4n) is 4.75. The third-order valence-corrected chi connectivity index (χ3v) is 9.28. The molecule has 0 atom stereocenters. The summed E-state index contributed by atoms with van der Waals surface area (Å²) in [5.41, 5.74) is 2.55. The van der Waals surface area contributed by atoms with Crippen LogP contribution < -0.4 is 4.72 Å². The zero-order chi connectivity index (χ0) is 25.4. The summed E-state index contributed by atoms with van der Waals surface area (Å²) in [6.07, 6.45) is 4.89. The maximum atomic E-state index is 15.0. The molecule has 2 saturated carbocycles. The van der Waals surface area contributed by atoms with Crippen LogP contribution in [0.1, 0.15) is 71.5 Å². The van der Waals surface area contributed by atoms with Crippen LogP contribution in [0.15, 0.2) is 30.3 Å². The van der Waals surface area contributed by atoms with Crippen molar-refractivity contribution in [2.45, 2.75) is 68.9 Å². The van der Waals surface area contributed by atoms with E-state index in [-0.39, 0.29) is 17.6 Å². The molecule has 0 radical (unpaired) electrons. The molecule has 0 bridgehead atoms. The molecule has 0 aromatic heterocycles. The van der Waals surface area contributed by atoms with Crippen molar-refractivity contribution in [3.05, 3.63) is 68.4 Å². The second-order valence-corrected chi connectivity index (χ2v) is 12.9. The van der Waals surface area contributed by atoms with Gasteiger partial charge in [-0.15, -0.1) is 0 Å². The van der Waals surface area contributed by atoms with E-state index in [9.17, 15) is 17.6 Å². The summed E-state index contributed by atoms with van der Waals surface area (Å²) in [6.45, 7) is 2.66. The minimum Gasteiger partial charge on any atom is -0.373 e. The number of benzene rings is 2. The topological polar surface area (TPSA) is 75.7 Å². The number of rotatable bonds is 9. The SMILES string of the molecule is O=C(NS(=O)(=O)C1CC1)c1cc(C2CC2)c(CN2CCC(OCc3cc(Cl)cc(Cl)c3)CC2)cc1F. The zero-order valence-corrected chi connectivity index (χ0v) is 22.1. The van der Waals surface area contributed by atoms with Crippen LogP contribution >= 0.6 is 23.2 Å². The molecule has 2 aromatic rings. The van der Waals surface area contributed by atoms with Gasteiger partial charge in [-0.25, -0.2) is 17.5 Å². The largest absolute Gasteiger partial charge is 0.373 e. The number of nitrogens with one attached hydrogen (secondary N) is 1. The number of piperidine rings is 1. The molecule has 1 heterocycles. The van der Waals surface area contributed by atoms with Gasteiger partial charge in [0, 0.05) is 29.7 Å². The number of hydrogen-bond acceptors (Lipinski definition) is 5. The van der Waals surface area contributed by atoms with E-state index in [0.717, 1.165) is 55.5 Å². The Hall–Kier alpha value is -1.71. The van der Waals surface area contributed by atoms with Gasteiger partial charge in [-0.05, 0) is 91.5 Å². The maximum Gasteiger partial charge on any atom is 0.267 e. The van der Waals surface area contributed by atoms with Gasteiger partial charge < -0.3 is 4.74 Å². The molecule has 6 nitrogen and oxygen atoms in total. The van der Waals surface area contributed by atoms with Gasteiger partial charge in [0.05, 0.1) is 23.5 Å². The van der Waals surface area contributed by atoms with Crippen molar-refractivity contribution in [3.63, 3.8) is 0 Å². The van der Waals surface area contributed by atoms with Crippen LogP contribution in [0.5, 0.6) is 0 Å². The summed E-state index contributed by atoms with van der Waals surface area (Å²) < 4.78 is 47.4. The van der Waals surface area contributed by atoms with Crippen molar-refractivity contribution >= 4 is 39.1 Å². The Labute approximate surface area is 221 Å². The van der Waals surface area contributed by atoms with Gasteiger partial charge in [0.2, 0.25) is 10.0 Å². The average molecular weight is 555 g/mol. The van der Waals surface area contributed by atoms with Crippen LogP contribution in [-0.2, 0) is 27.9 Å². The molecule has 0 spiro atoms. The lowest BCUT2D eigenvalue weighted by atomic mass is 9.97. The summed E-state index contributed by atoms with van der Waals surface area (Å²) in [4.78, 5) is 14.8. The van der Waals surface area contributed by atoms with Crippen LogP contribution in [0.3, 0.4) is 0 Å². The Bertz CT molecular complexity index is 1240. The first-order valence-electron chi connectivity index (χ1n) is 12.3. The molecule has 1 amide bonds. The molecule has 1 N–H and O–H groups in total. The normalized spacial score (nSPS) is 19.4. The third-order valence-electron chi connectivity index (χ3n) is 7.03. The van der Waals surface area contributed by atoms with E-state index in [1.54, 1.807) is 12.1 Å². The van der Waals surface area contributed by atoms with Gasteiger partial charge in [-0.2, -0.15) is 0 Å². The van der Waals surface area contributed by atoms with Crippen LogP contribution in [0.2, 0.25) is 10.0 Å². The highest BCUT2D eigenvalue weighted by Crippen LogP contribution is 2.43. The molecule has 10 heteroatoms. The number of likely N-dealkylation sites (tertiary alicyclic amines) is 1. The molecule has 1 saturated heterocycles. The monoisotopic (exact) mass is 554 g/mol. The number of halogens is 3. The lowest BCUT2D eigenvalue weighted by molar-refractivity contribution is -0.00399. The van der Waals surface area contributed by atoms with Crippen LogP contribution in [0, 0.1) is 5.82 Å². The first kappa shape index (κ1) is 25.9. The van der Waals surface area contributed by atoms with E-state index >= 15 is 0 Å². The molecule has 194 valence electrons. The highest BCUT2D eigenvalue weighted by atomic mass is 35.5. The molecular formula is C26H29Cl2FN2O4S. The zero-order valence-electron chi connectivity index (χ0n) is 19.8. The molecule has 0 unspecified atom stereocenters. The summed E-state index contributed by atoms with van der Waals surface area (Å²) in [6, 6.07) is 8.37. The standard InChI is InChI=1S/C26H29Cl2FN2O4S/c27-19-9-16(10-20(28)12-19)15-35-21-5-7-31(8-6-21)14-18-11-25(29)24(13-23(18)17-1-2-17)26(32)30-36(33,34)22-3-4-22/h9-13,17,21-22H,1-8,14-15H2,(H,30,32). The van der Waals surface area contributed by atoms with Gasteiger partial charge in [-0.1, -0.05) is 23.2 Å². The number of ether oxygens (including phenoxy) is 1. The minimum atomic E-state index is -3.73. The van der Waals surface area contributed by atoms with Crippen LogP contribution in [0.25, 0.3) is 0 Å². The fraction of sp³-hybridized carbons (Fsp3) is 0.500.